The van der Waals surface area contributed by atoms with Gasteiger partial charge in [0, 0.05) is 5.56 Å². The first-order valence-electron chi connectivity index (χ1n) is 9.81. The van der Waals surface area contributed by atoms with Crippen LogP contribution in [0.5, 0.6) is 0 Å². The van der Waals surface area contributed by atoms with E-state index in [0.717, 1.165) is 53.6 Å². The third-order valence-electron chi connectivity index (χ3n) is 5.80. The zero-order valence-electron chi connectivity index (χ0n) is 15.5. The Hall–Kier alpha value is -1.77. The van der Waals surface area contributed by atoms with Crippen LogP contribution in [0.4, 0.5) is 4.39 Å². The summed E-state index contributed by atoms with van der Waals surface area (Å²) < 4.78 is 14.5. The lowest BCUT2D eigenvalue weighted by atomic mass is 9.78. The smallest absolute Gasteiger partial charge is 0.127 e. The van der Waals surface area contributed by atoms with Crippen LogP contribution < -0.4 is 0 Å². The van der Waals surface area contributed by atoms with Crippen molar-refractivity contribution in [1.82, 2.24) is 10.2 Å². The molecule has 1 heterocycles. The Balaban J connectivity index is 1.60. The van der Waals surface area contributed by atoms with E-state index in [0.29, 0.717) is 0 Å². The molecular weight excluding hydrogens is 311 g/mol. The summed E-state index contributed by atoms with van der Waals surface area (Å²) in [4.78, 5) is 0. The molecule has 0 N–H and O–H groups in total. The highest BCUT2D eigenvalue weighted by Gasteiger charge is 2.20. The van der Waals surface area contributed by atoms with E-state index in [4.69, 9.17) is 0 Å². The molecule has 0 radical (unpaired) electrons. The van der Waals surface area contributed by atoms with Gasteiger partial charge in [-0.2, -0.15) is 10.2 Å². The summed E-state index contributed by atoms with van der Waals surface area (Å²) in [7, 11) is 0. The third kappa shape index (κ3) is 4.65. The van der Waals surface area contributed by atoms with Crippen LogP contribution in [0.1, 0.15) is 63.6 Å². The summed E-state index contributed by atoms with van der Waals surface area (Å²) in [6.07, 6.45) is 9.47. The van der Waals surface area contributed by atoms with Crippen molar-refractivity contribution in [3.8, 4) is 11.3 Å². The maximum Gasteiger partial charge on any atom is 0.127 e. The van der Waals surface area contributed by atoms with E-state index in [1.165, 1.54) is 32.1 Å². The summed E-state index contributed by atoms with van der Waals surface area (Å²) in [5.41, 5.74) is 3.33. The topological polar surface area (TPSA) is 25.8 Å². The first kappa shape index (κ1) is 18.0. The molecule has 1 aliphatic carbocycles. The van der Waals surface area contributed by atoms with Crippen molar-refractivity contribution in [1.29, 1.82) is 0 Å². The van der Waals surface area contributed by atoms with Gasteiger partial charge in [0.1, 0.15) is 5.82 Å². The van der Waals surface area contributed by atoms with Crippen LogP contribution >= 0.6 is 0 Å². The standard InChI is InChI=1S/C22H29FN2/c1-3-16-5-7-17(8-6-16)9-10-18-11-12-19(15-21(18)23)22-14-13-20(4-2)24-25-22/h11-17H,3-10H2,1-2H3. The second-order valence-electron chi connectivity index (χ2n) is 7.40. The van der Waals surface area contributed by atoms with Crippen LogP contribution in [0.25, 0.3) is 11.3 Å². The van der Waals surface area contributed by atoms with E-state index in [9.17, 15) is 4.39 Å². The molecule has 0 bridgehead atoms. The van der Waals surface area contributed by atoms with Crippen molar-refractivity contribution in [3.63, 3.8) is 0 Å². The van der Waals surface area contributed by atoms with Gasteiger partial charge in [-0.25, -0.2) is 4.39 Å². The lowest BCUT2D eigenvalue weighted by Crippen LogP contribution is -2.14. The molecule has 2 nitrogen and oxygen atoms in total. The van der Waals surface area contributed by atoms with Gasteiger partial charge in [-0.3, -0.25) is 0 Å². The fourth-order valence-electron chi connectivity index (χ4n) is 3.90. The summed E-state index contributed by atoms with van der Waals surface area (Å²) in [5, 5.41) is 8.37. The number of hydrogen-bond donors (Lipinski definition) is 0. The average Bonchev–Trinajstić information content (AvgIpc) is 2.67. The molecule has 134 valence electrons. The zero-order valence-corrected chi connectivity index (χ0v) is 15.5. The predicted molar refractivity (Wildman–Crippen MR) is 101 cm³/mol. The molecule has 0 saturated heterocycles. The molecule has 2 aromatic rings. The maximum absolute atomic E-state index is 14.5. The Morgan fingerprint density at radius 2 is 1.72 bits per heavy atom. The average molecular weight is 340 g/mol. The molecule has 3 heteroatoms. The molecule has 0 aliphatic heterocycles. The second kappa shape index (κ2) is 8.55. The fraction of sp³-hybridized carbons (Fsp3) is 0.545. The minimum atomic E-state index is -0.110. The molecule has 1 saturated carbocycles. The number of rotatable bonds is 6. The lowest BCUT2D eigenvalue weighted by Gasteiger charge is -2.27. The van der Waals surface area contributed by atoms with Crippen molar-refractivity contribution in [2.45, 2.75) is 65.2 Å². The lowest BCUT2D eigenvalue weighted by molar-refractivity contribution is 0.258. The number of nitrogens with zero attached hydrogens (tertiary/aromatic N) is 2. The number of benzene rings is 1. The first-order chi connectivity index (χ1) is 12.2. The van der Waals surface area contributed by atoms with Crippen molar-refractivity contribution >= 4 is 0 Å². The van der Waals surface area contributed by atoms with Gasteiger partial charge >= 0.3 is 0 Å². The van der Waals surface area contributed by atoms with Crippen molar-refractivity contribution in [2.75, 3.05) is 0 Å². The van der Waals surface area contributed by atoms with Crippen molar-refractivity contribution in [2.24, 2.45) is 11.8 Å². The van der Waals surface area contributed by atoms with Gasteiger partial charge in [-0.05, 0) is 54.9 Å². The summed E-state index contributed by atoms with van der Waals surface area (Å²) in [6, 6.07) is 9.39. The Morgan fingerprint density at radius 3 is 2.32 bits per heavy atom. The number of halogens is 1. The van der Waals surface area contributed by atoms with E-state index in [1.54, 1.807) is 6.07 Å². The fourth-order valence-corrected chi connectivity index (χ4v) is 3.90. The monoisotopic (exact) mass is 340 g/mol. The second-order valence-corrected chi connectivity index (χ2v) is 7.40. The highest BCUT2D eigenvalue weighted by Crippen LogP contribution is 2.33. The third-order valence-corrected chi connectivity index (χ3v) is 5.80. The molecular formula is C22H29FN2. The SMILES string of the molecule is CCc1ccc(-c2ccc(CCC3CCC(CC)CC3)c(F)c2)nn1. The highest BCUT2D eigenvalue weighted by molar-refractivity contribution is 5.59. The summed E-state index contributed by atoms with van der Waals surface area (Å²) in [6.45, 7) is 4.34. The van der Waals surface area contributed by atoms with Gasteiger partial charge in [-0.15, -0.1) is 0 Å². The Labute approximate surface area is 150 Å². The van der Waals surface area contributed by atoms with Gasteiger partial charge in [0.2, 0.25) is 0 Å². The Bertz CT molecular complexity index is 673. The molecule has 25 heavy (non-hydrogen) atoms. The van der Waals surface area contributed by atoms with Gasteiger partial charge in [0.05, 0.1) is 11.4 Å². The molecule has 3 rings (SSSR count). The number of aromatic nitrogens is 2. The van der Waals surface area contributed by atoms with E-state index >= 15 is 0 Å². The predicted octanol–water partition coefficient (Wildman–Crippen LogP) is 5.99. The van der Waals surface area contributed by atoms with Crippen LogP contribution in [0.3, 0.4) is 0 Å². The first-order valence-corrected chi connectivity index (χ1v) is 9.81. The maximum atomic E-state index is 14.5. The summed E-state index contributed by atoms with van der Waals surface area (Å²) in [5.74, 6) is 1.59. The largest absolute Gasteiger partial charge is 0.207 e. The zero-order chi connectivity index (χ0) is 17.6. The molecule has 1 aliphatic rings. The molecule has 1 aromatic heterocycles. The quantitative estimate of drug-likeness (QED) is 0.645. The van der Waals surface area contributed by atoms with Gasteiger partial charge in [0.15, 0.2) is 0 Å². The minimum absolute atomic E-state index is 0.110. The molecule has 1 fully saturated rings. The van der Waals surface area contributed by atoms with Crippen LogP contribution in [0, 0.1) is 17.7 Å². The minimum Gasteiger partial charge on any atom is -0.207 e. The van der Waals surface area contributed by atoms with E-state index in [1.807, 2.05) is 31.2 Å². The molecule has 0 amide bonds. The number of hydrogen-bond acceptors (Lipinski definition) is 2. The Kier molecular flexibility index (Phi) is 6.17. The molecule has 0 atom stereocenters. The van der Waals surface area contributed by atoms with Gasteiger partial charge in [-0.1, -0.05) is 58.1 Å². The van der Waals surface area contributed by atoms with Crippen LogP contribution in [0.2, 0.25) is 0 Å². The van der Waals surface area contributed by atoms with E-state index < -0.39 is 0 Å². The van der Waals surface area contributed by atoms with Crippen LogP contribution in [-0.2, 0) is 12.8 Å². The van der Waals surface area contributed by atoms with Crippen molar-refractivity contribution in [3.05, 3.63) is 47.4 Å². The molecule has 1 aromatic carbocycles. The normalized spacial score (nSPS) is 20.6. The van der Waals surface area contributed by atoms with Crippen LogP contribution in [-0.4, -0.2) is 10.2 Å². The van der Waals surface area contributed by atoms with Gasteiger partial charge < -0.3 is 0 Å². The number of aryl methyl sites for hydroxylation is 2. The molecule has 0 unspecified atom stereocenters. The van der Waals surface area contributed by atoms with Crippen LogP contribution in [0.15, 0.2) is 30.3 Å². The van der Waals surface area contributed by atoms with Crippen molar-refractivity contribution < 1.29 is 4.39 Å². The van der Waals surface area contributed by atoms with E-state index in [2.05, 4.69) is 17.1 Å². The van der Waals surface area contributed by atoms with Gasteiger partial charge in [0.25, 0.3) is 0 Å². The Morgan fingerprint density at radius 1 is 0.960 bits per heavy atom. The molecule has 0 spiro atoms. The van der Waals surface area contributed by atoms with E-state index in [-0.39, 0.29) is 5.82 Å². The summed E-state index contributed by atoms with van der Waals surface area (Å²) >= 11 is 0. The highest BCUT2D eigenvalue weighted by atomic mass is 19.1.